The molecule has 0 saturated heterocycles. The lowest BCUT2D eigenvalue weighted by molar-refractivity contribution is 0.103. The van der Waals surface area contributed by atoms with Crippen LogP contribution in [0.5, 0.6) is 0 Å². The van der Waals surface area contributed by atoms with Crippen molar-refractivity contribution in [3.05, 3.63) is 50.4 Å². The molecule has 0 unspecified atom stereocenters. The first-order valence-electron chi connectivity index (χ1n) is 4.41. The molecule has 0 aliphatic heterocycles. The second-order valence-electron chi connectivity index (χ2n) is 3.19. The molecular weight excluding hydrogens is 293 g/mol. The Morgan fingerprint density at radius 1 is 1.31 bits per heavy atom. The van der Waals surface area contributed by atoms with Crippen molar-refractivity contribution >= 4 is 38.7 Å². The first kappa shape index (κ1) is 11.3. The Labute approximate surface area is 104 Å². The molecule has 0 atom stereocenters. The van der Waals surface area contributed by atoms with Crippen molar-refractivity contribution in [1.82, 2.24) is 0 Å². The van der Waals surface area contributed by atoms with Gasteiger partial charge in [-0.05, 0) is 34.1 Å². The van der Waals surface area contributed by atoms with E-state index in [-0.39, 0.29) is 17.0 Å². The summed E-state index contributed by atoms with van der Waals surface area (Å²) in [4.78, 5) is 12.0. The van der Waals surface area contributed by atoms with E-state index in [1.54, 1.807) is 10.8 Å². The fourth-order valence-electron chi connectivity index (χ4n) is 1.31. The molecule has 16 heavy (non-hydrogen) atoms. The topological polar surface area (TPSA) is 43.1 Å². The summed E-state index contributed by atoms with van der Waals surface area (Å²) in [6.45, 7) is 0. The normalized spacial score (nSPS) is 10.4. The molecule has 2 N–H and O–H groups in total. The lowest BCUT2D eigenvalue weighted by atomic mass is 10.0. The molecule has 0 amide bonds. The molecule has 1 heterocycles. The van der Waals surface area contributed by atoms with Gasteiger partial charge in [0, 0.05) is 32.0 Å². The summed E-state index contributed by atoms with van der Waals surface area (Å²) in [6.07, 6.45) is 0. The molecule has 2 rings (SSSR count). The van der Waals surface area contributed by atoms with Crippen molar-refractivity contribution in [1.29, 1.82) is 0 Å². The molecule has 0 aliphatic carbocycles. The van der Waals surface area contributed by atoms with Crippen LogP contribution in [0, 0.1) is 5.82 Å². The molecule has 1 aromatic carbocycles. The van der Waals surface area contributed by atoms with Crippen LogP contribution < -0.4 is 5.73 Å². The molecule has 0 spiro atoms. The number of rotatable bonds is 2. The lowest BCUT2D eigenvalue weighted by Crippen LogP contribution is -2.05. The van der Waals surface area contributed by atoms with Crippen molar-refractivity contribution in [2.45, 2.75) is 0 Å². The maximum atomic E-state index is 13.0. The molecule has 0 saturated carbocycles. The third kappa shape index (κ3) is 2.01. The van der Waals surface area contributed by atoms with E-state index in [9.17, 15) is 9.18 Å². The van der Waals surface area contributed by atoms with Gasteiger partial charge in [-0.1, -0.05) is 0 Å². The fraction of sp³-hybridized carbons (Fsp3) is 0. The highest BCUT2D eigenvalue weighted by atomic mass is 79.9. The molecule has 0 aliphatic rings. The molecule has 5 heteroatoms. The van der Waals surface area contributed by atoms with E-state index in [0.29, 0.717) is 10.0 Å². The van der Waals surface area contributed by atoms with Crippen LogP contribution in [0.1, 0.15) is 15.9 Å². The van der Waals surface area contributed by atoms with E-state index >= 15 is 0 Å². The van der Waals surface area contributed by atoms with Crippen LogP contribution in [-0.2, 0) is 0 Å². The summed E-state index contributed by atoms with van der Waals surface area (Å²) in [5.41, 5.74) is 6.62. The maximum Gasteiger partial charge on any atom is 0.197 e. The second kappa shape index (κ2) is 4.35. The van der Waals surface area contributed by atoms with Crippen LogP contribution in [0.2, 0.25) is 0 Å². The Hall–Kier alpha value is -1.20. The number of nitrogens with two attached hydrogens (primary N) is 1. The quantitative estimate of drug-likeness (QED) is 0.682. The van der Waals surface area contributed by atoms with E-state index in [1.165, 1.54) is 23.5 Å². The van der Waals surface area contributed by atoms with Gasteiger partial charge in [0.05, 0.1) is 0 Å². The Bertz CT molecular complexity index is 553. The Morgan fingerprint density at radius 3 is 2.69 bits per heavy atom. The van der Waals surface area contributed by atoms with Gasteiger partial charge in [0.25, 0.3) is 0 Å². The maximum absolute atomic E-state index is 13.0. The number of carbonyl (C=O) groups is 1. The van der Waals surface area contributed by atoms with Crippen LogP contribution >= 0.6 is 27.3 Å². The van der Waals surface area contributed by atoms with Gasteiger partial charge in [-0.2, -0.15) is 11.3 Å². The third-order valence-electron chi connectivity index (χ3n) is 2.12. The van der Waals surface area contributed by atoms with Crippen molar-refractivity contribution in [2.24, 2.45) is 0 Å². The van der Waals surface area contributed by atoms with E-state index in [4.69, 9.17) is 5.73 Å². The Morgan fingerprint density at radius 2 is 2.06 bits per heavy atom. The zero-order chi connectivity index (χ0) is 11.7. The molecule has 82 valence electrons. The average Bonchev–Trinajstić information content (AvgIpc) is 2.67. The second-order valence-corrected chi connectivity index (χ2v) is 4.79. The number of benzene rings is 1. The van der Waals surface area contributed by atoms with E-state index in [1.807, 2.05) is 0 Å². The first-order valence-corrected chi connectivity index (χ1v) is 6.14. The standard InChI is InChI=1S/C11H7BrFNOS/c12-9-5-16-4-8(9)11(15)7-3-6(13)1-2-10(7)14/h1-5H,14H2. The van der Waals surface area contributed by atoms with Crippen molar-refractivity contribution in [2.75, 3.05) is 5.73 Å². The van der Waals surface area contributed by atoms with Gasteiger partial charge in [-0.15, -0.1) is 0 Å². The summed E-state index contributed by atoms with van der Waals surface area (Å²) in [5, 5.41) is 3.50. The van der Waals surface area contributed by atoms with Crippen LogP contribution in [-0.4, -0.2) is 5.78 Å². The van der Waals surface area contributed by atoms with Crippen molar-refractivity contribution < 1.29 is 9.18 Å². The minimum Gasteiger partial charge on any atom is -0.398 e. The lowest BCUT2D eigenvalue weighted by Gasteiger charge is -2.03. The predicted octanol–water partition coefficient (Wildman–Crippen LogP) is 3.46. The highest BCUT2D eigenvalue weighted by Crippen LogP contribution is 2.26. The van der Waals surface area contributed by atoms with Gasteiger partial charge in [-0.3, -0.25) is 4.79 Å². The molecule has 0 bridgehead atoms. The van der Waals surface area contributed by atoms with Crippen LogP contribution in [0.4, 0.5) is 10.1 Å². The van der Waals surface area contributed by atoms with Crippen LogP contribution in [0.25, 0.3) is 0 Å². The van der Waals surface area contributed by atoms with Gasteiger partial charge < -0.3 is 5.73 Å². The third-order valence-corrected chi connectivity index (χ3v) is 3.82. The number of thiophene rings is 1. The summed E-state index contributed by atoms with van der Waals surface area (Å²) in [5.74, 6) is -0.742. The first-order chi connectivity index (χ1) is 7.59. The molecule has 1 aromatic heterocycles. The van der Waals surface area contributed by atoms with E-state index < -0.39 is 5.82 Å². The Kier molecular flexibility index (Phi) is 3.07. The van der Waals surface area contributed by atoms with Crippen LogP contribution in [0.15, 0.2) is 33.4 Å². The summed E-state index contributed by atoms with van der Waals surface area (Å²) in [7, 11) is 0. The molecular formula is C11H7BrFNOS. The number of halogens is 2. The summed E-state index contributed by atoms with van der Waals surface area (Å²) in [6, 6.07) is 3.78. The monoisotopic (exact) mass is 299 g/mol. The van der Waals surface area contributed by atoms with Gasteiger partial charge in [0.2, 0.25) is 0 Å². The fourth-order valence-corrected chi connectivity index (χ4v) is 2.77. The number of ketones is 1. The minimum atomic E-state index is -0.469. The molecule has 2 nitrogen and oxygen atoms in total. The van der Waals surface area contributed by atoms with E-state index in [0.717, 1.165) is 6.07 Å². The van der Waals surface area contributed by atoms with Crippen molar-refractivity contribution in [3.63, 3.8) is 0 Å². The number of carbonyl (C=O) groups excluding carboxylic acids is 1. The summed E-state index contributed by atoms with van der Waals surface area (Å²) < 4.78 is 13.7. The van der Waals surface area contributed by atoms with E-state index in [2.05, 4.69) is 15.9 Å². The number of hydrogen-bond acceptors (Lipinski definition) is 3. The zero-order valence-corrected chi connectivity index (χ0v) is 10.4. The van der Waals surface area contributed by atoms with Crippen molar-refractivity contribution in [3.8, 4) is 0 Å². The van der Waals surface area contributed by atoms with Crippen LogP contribution in [0.3, 0.4) is 0 Å². The minimum absolute atomic E-state index is 0.194. The SMILES string of the molecule is Nc1ccc(F)cc1C(=O)c1cscc1Br. The summed E-state index contributed by atoms with van der Waals surface area (Å²) >= 11 is 4.66. The van der Waals surface area contributed by atoms with Gasteiger partial charge in [-0.25, -0.2) is 4.39 Å². The molecule has 0 radical (unpaired) electrons. The predicted molar refractivity (Wildman–Crippen MR) is 66.3 cm³/mol. The number of hydrogen-bond donors (Lipinski definition) is 1. The zero-order valence-electron chi connectivity index (χ0n) is 8.04. The Balaban J connectivity index is 2.49. The van der Waals surface area contributed by atoms with Gasteiger partial charge >= 0.3 is 0 Å². The average molecular weight is 300 g/mol. The molecule has 0 fully saturated rings. The highest BCUT2D eigenvalue weighted by molar-refractivity contribution is 9.10. The number of nitrogen functional groups attached to an aromatic ring is 1. The number of anilines is 1. The highest BCUT2D eigenvalue weighted by Gasteiger charge is 2.16. The van der Waals surface area contributed by atoms with Gasteiger partial charge in [0.15, 0.2) is 5.78 Å². The van der Waals surface area contributed by atoms with Gasteiger partial charge in [0.1, 0.15) is 5.82 Å². The molecule has 2 aromatic rings. The smallest absolute Gasteiger partial charge is 0.197 e. The largest absolute Gasteiger partial charge is 0.398 e.